The maximum absolute atomic E-state index is 12.7. The fourth-order valence-corrected chi connectivity index (χ4v) is 3.52. The van der Waals surface area contributed by atoms with E-state index in [2.05, 4.69) is 4.99 Å². The van der Waals surface area contributed by atoms with Crippen molar-refractivity contribution >= 4 is 40.9 Å². The smallest absolute Gasteiger partial charge is 0.336 e. The highest BCUT2D eigenvalue weighted by molar-refractivity contribution is 6.42. The van der Waals surface area contributed by atoms with Crippen molar-refractivity contribution in [2.45, 2.75) is 26.2 Å². The summed E-state index contributed by atoms with van der Waals surface area (Å²) in [6, 6.07) is 6.91. The minimum absolute atomic E-state index is 0.0589. The topological polar surface area (TPSA) is 88.8 Å². The average Bonchev–Trinajstić information content (AvgIpc) is 2.63. The molecule has 1 aromatic carbocycles. The van der Waals surface area contributed by atoms with Crippen LogP contribution in [0.5, 0.6) is 0 Å². The van der Waals surface area contributed by atoms with Gasteiger partial charge in [-0.15, -0.1) is 0 Å². The molecule has 1 aliphatic heterocycles. The summed E-state index contributed by atoms with van der Waals surface area (Å²) in [6.45, 7) is 3.28. The molecule has 0 aromatic heterocycles. The van der Waals surface area contributed by atoms with E-state index in [-0.39, 0.29) is 23.6 Å². The van der Waals surface area contributed by atoms with Gasteiger partial charge in [0.05, 0.1) is 35.2 Å². The molecule has 0 aliphatic carbocycles. The van der Waals surface area contributed by atoms with Gasteiger partial charge in [-0.1, -0.05) is 35.3 Å². The lowest BCUT2D eigenvalue weighted by Gasteiger charge is -2.31. The van der Waals surface area contributed by atoms with Crippen LogP contribution < -0.4 is 0 Å². The first-order valence-corrected chi connectivity index (χ1v) is 8.90. The molecule has 27 heavy (non-hydrogen) atoms. The second-order valence-electron chi connectivity index (χ2n) is 5.92. The quantitative estimate of drug-likeness (QED) is 0.540. The van der Waals surface area contributed by atoms with E-state index >= 15 is 0 Å². The molecule has 8 heteroatoms. The molecule has 0 saturated carbocycles. The van der Waals surface area contributed by atoms with E-state index in [0.717, 1.165) is 0 Å². The van der Waals surface area contributed by atoms with Crippen LogP contribution in [-0.2, 0) is 19.1 Å². The summed E-state index contributed by atoms with van der Waals surface area (Å²) >= 11 is 12.5. The van der Waals surface area contributed by atoms with Crippen molar-refractivity contribution in [2.24, 2.45) is 10.9 Å². The standard InChI is InChI=1S/C19H18Cl2N2O4/c1-10-14(18(24)26-3)16(12-6-4-7-13(20)17(12)21)15(11(2)23-10)19(25)27-9-5-8-22/h4,6-7,14,16H,5,9H2,1-3H3. The Morgan fingerprint density at radius 1 is 1.30 bits per heavy atom. The van der Waals surface area contributed by atoms with Crippen LogP contribution in [-0.4, -0.2) is 31.4 Å². The van der Waals surface area contributed by atoms with Crippen LogP contribution in [0.25, 0.3) is 0 Å². The van der Waals surface area contributed by atoms with Crippen LogP contribution in [0.3, 0.4) is 0 Å². The molecule has 1 aromatic rings. The number of hydrogen-bond donors (Lipinski definition) is 0. The van der Waals surface area contributed by atoms with Crippen LogP contribution in [0, 0.1) is 17.2 Å². The van der Waals surface area contributed by atoms with Crippen LogP contribution in [0.4, 0.5) is 0 Å². The highest BCUT2D eigenvalue weighted by Crippen LogP contribution is 2.44. The zero-order valence-corrected chi connectivity index (χ0v) is 16.6. The summed E-state index contributed by atoms with van der Waals surface area (Å²) in [5, 5.41) is 9.19. The van der Waals surface area contributed by atoms with E-state index in [9.17, 15) is 9.59 Å². The van der Waals surface area contributed by atoms with E-state index in [0.29, 0.717) is 22.0 Å². The molecule has 0 amide bonds. The number of benzene rings is 1. The first kappa shape index (κ1) is 20.9. The van der Waals surface area contributed by atoms with Crippen molar-refractivity contribution in [1.29, 1.82) is 5.26 Å². The molecule has 0 radical (unpaired) electrons. The third-order valence-electron chi connectivity index (χ3n) is 4.27. The Kier molecular flexibility index (Phi) is 7.00. The molecular weight excluding hydrogens is 391 g/mol. The van der Waals surface area contributed by atoms with E-state index in [1.165, 1.54) is 7.11 Å². The van der Waals surface area contributed by atoms with Gasteiger partial charge in [-0.05, 0) is 25.5 Å². The Morgan fingerprint density at radius 2 is 2.00 bits per heavy atom. The number of aliphatic imine (C=N–C) groups is 1. The Hall–Kier alpha value is -2.36. The molecule has 1 heterocycles. The van der Waals surface area contributed by atoms with E-state index in [4.69, 9.17) is 37.9 Å². The second-order valence-corrected chi connectivity index (χ2v) is 6.70. The number of nitriles is 1. The summed E-state index contributed by atoms with van der Waals surface area (Å²) in [6.07, 6.45) is 0.0589. The Bertz CT molecular complexity index is 871. The second kappa shape index (κ2) is 9.03. The zero-order valence-electron chi connectivity index (χ0n) is 15.1. The highest BCUT2D eigenvalue weighted by Gasteiger charge is 2.43. The van der Waals surface area contributed by atoms with Crippen LogP contribution in [0.1, 0.15) is 31.7 Å². The maximum Gasteiger partial charge on any atom is 0.336 e. The number of carbonyl (C=O) groups excluding carboxylic acids is 2. The monoisotopic (exact) mass is 408 g/mol. The average molecular weight is 409 g/mol. The summed E-state index contributed by atoms with van der Waals surface area (Å²) in [5.74, 6) is -2.83. The summed E-state index contributed by atoms with van der Waals surface area (Å²) in [4.78, 5) is 29.6. The molecule has 142 valence electrons. The van der Waals surface area contributed by atoms with Crippen molar-refractivity contribution in [3.05, 3.63) is 45.1 Å². The Morgan fingerprint density at radius 3 is 2.63 bits per heavy atom. The van der Waals surface area contributed by atoms with Gasteiger partial charge in [0.15, 0.2) is 0 Å². The van der Waals surface area contributed by atoms with E-state index in [1.54, 1.807) is 32.0 Å². The van der Waals surface area contributed by atoms with Crippen LogP contribution in [0.2, 0.25) is 10.0 Å². The Balaban J connectivity index is 2.63. The lowest BCUT2D eigenvalue weighted by atomic mass is 9.75. The normalized spacial score (nSPS) is 19.2. The zero-order chi connectivity index (χ0) is 20.1. The number of halogens is 2. The number of allylic oxidation sites excluding steroid dienone is 1. The number of carbonyl (C=O) groups is 2. The number of ether oxygens (including phenoxy) is 2. The Labute approximate surface area is 167 Å². The first-order valence-electron chi connectivity index (χ1n) is 8.15. The van der Waals surface area contributed by atoms with Crippen molar-refractivity contribution in [3.8, 4) is 6.07 Å². The third kappa shape index (κ3) is 4.32. The predicted octanol–water partition coefficient (Wildman–Crippen LogP) is 4.07. The molecule has 0 spiro atoms. The summed E-state index contributed by atoms with van der Waals surface area (Å²) < 4.78 is 10.1. The van der Waals surface area contributed by atoms with Gasteiger partial charge in [0.2, 0.25) is 0 Å². The van der Waals surface area contributed by atoms with Gasteiger partial charge in [0.1, 0.15) is 12.5 Å². The van der Waals surface area contributed by atoms with Gasteiger partial charge < -0.3 is 9.47 Å². The van der Waals surface area contributed by atoms with Crippen LogP contribution >= 0.6 is 23.2 Å². The molecule has 0 fully saturated rings. The predicted molar refractivity (Wildman–Crippen MR) is 102 cm³/mol. The summed E-state index contributed by atoms with van der Waals surface area (Å²) in [7, 11) is 1.27. The third-order valence-corrected chi connectivity index (χ3v) is 5.10. The van der Waals surface area contributed by atoms with Gasteiger partial charge in [0.25, 0.3) is 0 Å². The molecule has 0 saturated heterocycles. The number of nitrogens with zero attached hydrogens (tertiary/aromatic N) is 2. The van der Waals surface area contributed by atoms with Gasteiger partial charge in [0, 0.05) is 17.3 Å². The first-order chi connectivity index (χ1) is 12.8. The molecule has 6 nitrogen and oxygen atoms in total. The van der Waals surface area contributed by atoms with Gasteiger partial charge in [-0.2, -0.15) is 5.26 Å². The largest absolute Gasteiger partial charge is 0.468 e. The minimum atomic E-state index is -0.854. The van der Waals surface area contributed by atoms with Gasteiger partial charge >= 0.3 is 11.9 Å². The number of methoxy groups -OCH3 is 1. The minimum Gasteiger partial charge on any atom is -0.468 e. The lowest BCUT2D eigenvalue weighted by molar-refractivity contribution is -0.144. The molecular formula is C19H18Cl2N2O4. The SMILES string of the molecule is COC(=O)C1C(C)=NC(C)=C(C(=O)OCCC#N)C1c1cccc(Cl)c1Cl. The molecule has 2 atom stereocenters. The number of hydrogen-bond acceptors (Lipinski definition) is 6. The lowest BCUT2D eigenvalue weighted by Crippen LogP contribution is -2.36. The van der Waals surface area contributed by atoms with Crippen molar-refractivity contribution < 1.29 is 19.1 Å². The summed E-state index contributed by atoms with van der Waals surface area (Å²) in [5.41, 5.74) is 1.60. The van der Waals surface area contributed by atoms with E-state index < -0.39 is 23.8 Å². The highest BCUT2D eigenvalue weighted by atomic mass is 35.5. The molecule has 2 rings (SSSR count). The van der Waals surface area contributed by atoms with Crippen LogP contribution in [0.15, 0.2) is 34.5 Å². The van der Waals surface area contributed by atoms with Crippen molar-refractivity contribution in [3.63, 3.8) is 0 Å². The fourth-order valence-electron chi connectivity index (χ4n) is 3.10. The van der Waals surface area contributed by atoms with Gasteiger partial charge in [-0.3, -0.25) is 9.79 Å². The number of rotatable bonds is 5. The molecule has 0 bridgehead atoms. The molecule has 1 aliphatic rings. The molecule has 0 N–H and O–H groups in total. The van der Waals surface area contributed by atoms with Crippen molar-refractivity contribution in [2.75, 3.05) is 13.7 Å². The van der Waals surface area contributed by atoms with Gasteiger partial charge in [-0.25, -0.2) is 4.79 Å². The molecule has 2 unspecified atom stereocenters. The van der Waals surface area contributed by atoms with Crippen molar-refractivity contribution in [1.82, 2.24) is 0 Å². The van der Waals surface area contributed by atoms with E-state index in [1.807, 2.05) is 6.07 Å². The fraction of sp³-hybridized carbons (Fsp3) is 0.368. The maximum atomic E-state index is 12.7. The number of esters is 2.